The smallest absolute Gasteiger partial charge is 0.0522 e. The van der Waals surface area contributed by atoms with Gasteiger partial charge in [0.25, 0.3) is 0 Å². The van der Waals surface area contributed by atoms with Gasteiger partial charge in [-0.1, -0.05) is 56.3 Å². The van der Waals surface area contributed by atoms with Gasteiger partial charge in [0.1, 0.15) is 0 Å². The van der Waals surface area contributed by atoms with E-state index in [1.807, 2.05) is 0 Å². The van der Waals surface area contributed by atoms with Crippen LogP contribution in [-0.2, 0) is 6.42 Å². The Kier molecular flexibility index (Phi) is 9.37. The van der Waals surface area contributed by atoms with Crippen molar-refractivity contribution in [3.05, 3.63) is 81.6 Å². The van der Waals surface area contributed by atoms with Gasteiger partial charge in [0.2, 0.25) is 0 Å². The van der Waals surface area contributed by atoms with E-state index >= 15 is 0 Å². The zero-order chi connectivity index (χ0) is 23.1. The molecule has 0 aromatic heterocycles. The Hall–Kier alpha value is -1.64. The van der Waals surface area contributed by atoms with E-state index in [0.29, 0.717) is 0 Å². The van der Waals surface area contributed by atoms with Gasteiger partial charge < -0.3 is 9.21 Å². The van der Waals surface area contributed by atoms with E-state index in [-0.39, 0.29) is 0 Å². The molecular formula is C28H37ClN2S. The average Bonchev–Trinajstić information content (AvgIpc) is 2.92. The number of unbranched alkanes of at least 4 members (excludes halogenated alkanes) is 1. The molecule has 2 aliphatic heterocycles. The molecule has 1 aromatic carbocycles. The van der Waals surface area contributed by atoms with Crippen molar-refractivity contribution < 1.29 is 0 Å². The lowest BCUT2D eigenvalue weighted by atomic mass is 9.90. The Balaban J connectivity index is 1.88. The summed E-state index contributed by atoms with van der Waals surface area (Å²) < 4.78 is 2.41. The Morgan fingerprint density at radius 2 is 2.03 bits per heavy atom. The van der Waals surface area contributed by atoms with Crippen molar-refractivity contribution in [2.24, 2.45) is 5.92 Å². The molecule has 0 N–H and O–H groups in total. The Labute approximate surface area is 204 Å². The predicted octanol–water partition coefficient (Wildman–Crippen LogP) is 7.89. The number of rotatable bonds is 8. The highest BCUT2D eigenvalue weighted by molar-refractivity contribution is 8.00. The van der Waals surface area contributed by atoms with E-state index in [4.69, 9.17) is 11.6 Å². The van der Waals surface area contributed by atoms with Crippen LogP contribution in [0.2, 0.25) is 5.02 Å². The lowest BCUT2D eigenvalue weighted by Gasteiger charge is -2.31. The van der Waals surface area contributed by atoms with Crippen LogP contribution >= 0.6 is 23.5 Å². The van der Waals surface area contributed by atoms with Crippen LogP contribution in [0.3, 0.4) is 0 Å². The van der Waals surface area contributed by atoms with Gasteiger partial charge in [0.05, 0.1) is 5.02 Å². The number of piperidine rings is 1. The van der Waals surface area contributed by atoms with Gasteiger partial charge in [-0.3, -0.25) is 0 Å². The number of hydrogen-bond donors (Lipinski definition) is 0. The van der Waals surface area contributed by atoms with E-state index in [1.165, 1.54) is 43.6 Å². The number of halogens is 1. The van der Waals surface area contributed by atoms with Crippen molar-refractivity contribution >= 4 is 29.1 Å². The third kappa shape index (κ3) is 6.02. The molecule has 0 atom stereocenters. The summed E-state index contributed by atoms with van der Waals surface area (Å²) in [6, 6.07) is 6.32. The minimum atomic E-state index is 0.803. The van der Waals surface area contributed by atoms with Gasteiger partial charge >= 0.3 is 0 Å². The van der Waals surface area contributed by atoms with Crippen LogP contribution in [0.5, 0.6) is 0 Å². The molecule has 172 valence electrons. The molecule has 0 saturated carbocycles. The van der Waals surface area contributed by atoms with Crippen molar-refractivity contribution in [2.45, 2.75) is 52.4 Å². The van der Waals surface area contributed by atoms with Crippen molar-refractivity contribution in [3.63, 3.8) is 0 Å². The number of allylic oxidation sites excluding steroid dienone is 5. The lowest BCUT2D eigenvalue weighted by Crippen LogP contribution is -2.31. The molecule has 4 heteroatoms. The normalized spacial score (nSPS) is 18.1. The molecule has 0 amide bonds. The molecule has 0 spiro atoms. The summed E-state index contributed by atoms with van der Waals surface area (Å²) >= 11 is 8.66. The topological polar surface area (TPSA) is 6.48 Å². The second-order valence-corrected chi connectivity index (χ2v) is 10.3. The van der Waals surface area contributed by atoms with E-state index in [1.54, 1.807) is 11.9 Å². The number of likely N-dealkylation sites (tertiary alicyclic amines) is 1. The standard InChI is InChI=1S/C28H37ClN2S/c1-6-8-10-24-11-9-12-26(28(24)29)25(7-2)27-21(3)16-20-32-31(22(27)4)19-15-23-13-17-30(5)18-14-23/h9,11-12,16,20,23H,2-3,6,8,10,13-15,17-19H2,1,4-5H3. The van der Waals surface area contributed by atoms with E-state index in [0.717, 1.165) is 59.0 Å². The monoisotopic (exact) mass is 468 g/mol. The van der Waals surface area contributed by atoms with Crippen LogP contribution in [0.1, 0.15) is 57.1 Å². The second kappa shape index (κ2) is 12.0. The Morgan fingerprint density at radius 3 is 2.72 bits per heavy atom. The highest BCUT2D eigenvalue weighted by Crippen LogP contribution is 2.40. The quantitative estimate of drug-likeness (QED) is 0.283. The van der Waals surface area contributed by atoms with Crippen molar-refractivity contribution in [1.82, 2.24) is 9.21 Å². The first-order valence-corrected chi connectivity index (χ1v) is 13.0. The molecule has 0 aliphatic carbocycles. The molecule has 3 rings (SSSR count). The third-order valence-electron chi connectivity index (χ3n) is 6.67. The van der Waals surface area contributed by atoms with Crippen LogP contribution in [0.25, 0.3) is 5.57 Å². The molecule has 1 aromatic rings. The van der Waals surface area contributed by atoms with Gasteiger partial charge in [0, 0.05) is 29.0 Å². The van der Waals surface area contributed by atoms with Gasteiger partial charge in [-0.25, -0.2) is 0 Å². The minimum Gasteiger partial charge on any atom is -0.316 e. The largest absolute Gasteiger partial charge is 0.316 e. The fourth-order valence-corrected chi connectivity index (χ4v) is 5.72. The molecule has 0 bridgehead atoms. The van der Waals surface area contributed by atoms with Crippen LogP contribution < -0.4 is 0 Å². The number of hydrogen-bond acceptors (Lipinski definition) is 3. The predicted molar refractivity (Wildman–Crippen MR) is 143 cm³/mol. The fourth-order valence-electron chi connectivity index (χ4n) is 4.57. The third-order valence-corrected chi connectivity index (χ3v) is 8.08. The van der Waals surface area contributed by atoms with Gasteiger partial charge in [0.15, 0.2) is 0 Å². The van der Waals surface area contributed by atoms with Crippen LogP contribution in [0.15, 0.2) is 65.4 Å². The number of nitrogens with zero attached hydrogens (tertiary/aromatic N) is 2. The number of aryl methyl sites for hydroxylation is 1. The Bertz CT molecular complexity index is 931. The summed E-state index contributed by atoms with van der Waals surface area (Å²) in [6.07, 6.45) is 9.19. The summed E-state index contributed by atoms with van der Waals surface area (Å²) in [5, 5.41) is 2.96. The summed E-state index contributed by atoms with van der Waals surface area (Å²) in [6.45, 7) is 16.3. The molecule has 0 unspecified atom stereocenters. The maximum atomic E-state index is 6.90. The molecule has 0 radical (unpaired) electrons. The first kappa shape index (κ1) is 25.0. The second-order valence-electron chi connectivity index (χ2n) is 8.97. The van der Waals surface area contributed by atoms with Crippen LogP contribution in [0.4, 0.5) is 0 Å². The number of benzene rings is 1. The summed E-state index contributed by atoms with van der Waals surface area (Å²) in [5.74, 6) is 0.803. The maximum absolute atomic E-state index is 6.90. The van der Waals surface area contributed by atoms with Crippen molar-refractivity contribution in [1.29, 1.82) is 0 Å². The zero-order valence-electron chi connectivity index (χ0n) is 19.9. The van der Waals surface area contributed by atoms with Gasteiger partial charge in [-0.05, 0) is 99.7 Å². The van der Waals surface area contributed by atoms with E-state index in [9.17, 15) is 0 Å². The van der Waals surface area contributed by atoms with E-state index < -0.39 is 0 Å². The SMILES string of the molecule is C=C=C(C1=C(C)N(CCC2CCN(C)CC2)SC=CC1=C)c1cccc(CCCC)c1Cl. The molecule has 1 saturated heterocycles. The zero-order valence-corrected chi connectivity index (χ0v) is 21.5. The summed E-state index contributed by atoms with van der Waals surface area (Å²) in [5.41, 5.74) is 9.66. The van der Waals surface area contributed by atoms with Crippen molar-refractivity contribution in [2.75, 3.05) is 26.7 Å². The molecule has 32 heavy (non-hydrogen) atoms. The van der Waals surface area contributed by atoms with Gasteiger partial charge in [-0.2, -0.15) is 0 Å². The highest BCUT2D eigenvalue weighted by Gasteiger charge is 2.23. The fraction of sp³-hybridized carbons (Fsp3) is 0.464. The molecule has 1 fully saturated rings. The lowest BCUT2D eigenvalue weighted by molar-refractivity contribution is 0.208. The van der Waals surface area contributed by atoms with Gasteiger partial charge in [-0.15, -0.1) is 5.73 Å². The van der Waals surface area contributed by atoms with Crippen molar-refractivity contribution in [3.8, 4) is 0 Å². The van der Waals surface area contributed by atoms with Crippen LogP contribution in [0, 0.1) is 5.92 Å². The average molecular weight is 469 g/mol. The molecule has 2 nitrogen and oxygen atoms in total. The molecular weight excluding hydrogens is 432 g/mol. The van der Waals surface area contributed by atoms with E-state index in [2.05, 4.69) is 78.7 Å². The maximum Gasteiger partial charge on any atom is 0.0522 e. The minimum absolute atomic E-state index is 0.803. The Morgan fingerprint density at radius 1 is 1.28 bits per heavy atom. The first-order valence-electron chi connectivity index (χ1n) is 11.8. The van der Waals surface area contributed by atoms with Crippen LogP contribution in [-0.4, -0.2) is 35.9 Å². The highest BCUT2D eigenvalue weighted by atomic mass is 35.5. The first-order chi connectivity index (χ1) is 15.5. The molecule has 2 heterocycles. The summed E-state index contributed by atoms with van der Waals surface area (Å²) in [7, 11) is 2.22. The molecule has 2 aliphatic rings. The summed E-state index contributed by atoms with van der Waals surface area (Å²) in [4.78, 5) is 2.44.